The molecule has 0 saturated carbocycles. The minimum absolute atomic E-state index is 0.0219. The van der Waals surface area contributed by atoms with Gasteiger partial charge in [-0.1, -0.05) is 129 Å². The van der Waals surface area contributed by atoms with E-state index in [1.807, 2.05) is 29.2 Å². The molecule has 0 aromatic heterocycles. The zero-order chi connectivity index (χ0) is 29.9. The van der Waals surface area contributed by atoms with Crippen molar-refractivity contribution in [3.63, 3.8) is 0 Å². The first-order valence-electron chi connectivity index (χ1n) is 15.5. The Morgan fingerprint density at radius 3 is 2.14 bits per heavy atom. The third-order valence-corrected chi connectivity index (χ3v) is 10.0. The van der Waals surface area contributed by atoms with Crippen LogP contribution in [0.25, 0.3) is 11.1 Å². The summed E-state index contributed by atoms with van der Waals surface area (Å²) >= 11 is 0. The van der Waals surface area contributed by atoms with E-state index in [4.69, 9.17) is 4.99 Å². The molecule has 5 aromatic rings. The van der Waals surface area contributed by atoms with Crippen LogP contribution in [0.5, 0.6) is 0 Å². The molecule has 1 N–H and O–H groups in total. The molecule has 44 heavy (non-hydrogen) atoms. The maximum Gasteiger partial charge on any atom is 0.252 e. The Bertz CT molecular complexity index is 1900. The van der Waals surface area contributed by atoms with Gasteiger partial charge < -0.3 is 4.90 Å². The highest BCUT2D eigenvalue weighted by Gasteiger charge is 2.63. The SMILES string of the molecule is CC1(C)C([C@@H]2CN[C@@]3(C(=O)N(Cc4ccccc4)c4ccc(-c5ccccc5)cc43)[C@H]2c2ccccc2)=Nc2ccccc21. The number of para-hydroxylation sites is 1. The summed E-state index contributed by atoms with van der Waals surface area (Å²) in [6, 6.07) is 46.4. The summed E-state index contributed by atoms with van der Waals surface area (Å²) in [7, 11) is 0. The molecule has 1 fully saturated rings. The maximum absolute atomic E-state index is 15.2. The summed E-state index contributed by atoms with van der Waals surface area (Å²) in [5.74, 6) is -0.0189. The van der Waals surface area contributed by atoms with Crippen molar-refractivity contribution >= 4 is 23.0 Å². The quantitative estimate of drug-likeness (QED) is 0.231. The minimum atomic E-state index is -0.936. The van der Waals surface area contributed by atoms with Crippen LogP contribution in [0.1, 0.15) is 42.0 Å². The van der Waals surface area contributed by atoms with E-state index in [9.17, 15) is 0 Å². The van der Waals surface area contributed by atoms with Crippen molar-refractivity contribution in [1.82, 2.24) is 5.32 Å². The van der Waals surface area contributed by atoms with Crippen molar-refractivity contribution in [3.8, 4) is 11.1 Å². The Hall–Kier alpha value is -4.80. The molecule has 1 spiro atoms. The Kier molecular flexibility index (Phi) is 6.18. The van der Waals surface area contributed by atoms with Gasteiger partial charge in [-0.25, -0.2) is 0 Å². The number of fused-ring (bicyclic) bond motifs is 3. The van der Waals surface area contributed by atoms with Crippen molar-refractivity contribution in [3.05, 3.63) is 156 Å². The molecule has 0 bridgehead atoms. The lowest BCUT2D eigenvalue weighted by molar-refractivity contribution is -0.124. The second-order valence-electron chi connectivity index (χ2n) is 12.8. The smallest absolute Gasteiger partial charge is 0.252 e. The van der Waals surface area contributed by atoms with Gasteiger partial charge in [-0.2, -0.15) is 0 Å². The first kappa shape index (κ1) is 26.8. The zero-order valence-electron chi connectivity index (χ0n) is 25.1. The number of amides is 1. The average Bonchev–Trinajstić information content (AvgIpc) is 3.67. The number of nitrogens with one attached hydrogen (secondary N) is 1. The van der Waals surface area contributed by atoms with Crippen LogP contribution in [0.4, 0.5) is 11.4 Å². The van der Waals surface area contributed by atoms with E-state index in [0.717, 1.165) is 44.9 Å². The van der Waals surface area contributed by atoms with Gasteiger partial charge in [-0.05, 0) is 46.0 Å². The van der Waals surface area contributed by atoms with Crippen molar-refractivity contribution in [2.75, 3.05) is 11.4 Å². The Morgan fingerprint density at radius 1 is 0.750 bits per heavy atom. The van der Waals surface area contributed by atoms with Gasteiger partial charge in [-0.3, -0.25) is 15.1 Å². The molecule has 3 aliphatic rings. The van der Waals surface area contributed by atoms with Crippen LogP contribution >= 0.6 is 0 Å². The predicted molar refractivity (Wildman–Crippen MR) is 178 cm³/mol. The number of anilines is 1. The number of hydrogen-bond donors (Lipinski definition) is 1. The van der Waals surface area contributed by atoms with Gasteiger partial charge in [0.25, 0.3) is 5.91 Å². The highest BCUT2D eigenvalue weighted by Crippen LogP contribution is 2.57. The maximum atomic E-state index is 15.2. The summed E-state index contributed by atoms with van der Waals surface area (Å²) in [5, 5.41) is 3.90. The molecular weight excluding hydrogens is 538 g/mol. The topological polar surface area (TPSA) is 44.7 Å². The molecule has 5 aromatic carbocycles. The van der Waals surface area contributed by atoms with Crippen LogP contribution in [-0.4, -0.2) is 18.2 Å². The third kappa shape index (κ3) is 3.94. The molecule has 0 unspecified atom stereocenters. The molecular formula is C40H35N3O. The molecule has 0 aliphatic carbocycles. The molecule has 4 nitrogen and oxygen atoms in total. The largest absolute Gasteiger partial charge is 0.306 e. The highest BCUT2D eigenvalue weighted by atomic mass is 16.2. The lowest BCUT2D eigenvalue weighted by atomic mass is 9.66. The standard InChI is InChI=1S/C40H35N3O/c1-39(2)32-20-12-13-21-34(32)42-37(39)31-25-41-40(36(31)29-18-10-5-11-19-29)33-24-30(28-16-8-4-9-17-28)22-23-35(33)43(38(40)44)26-27-14-6-3-7-15-27/h3-24,31,36,41H,25-26H2,1-2H3/t31-,36+,40-/m1/s1. The second kappa shape index (κ2) is 10.1. The van der Waals surface area contributed by atoms with E-state index >= 15 is 4.79 Å². The summed E-state index contributed by atoms with van der Waals surface area (Å²) < 4.78 is 0. The zero-order valence-corrected chi connectivity index (χ0v) is 25.1. The van der Waals surface area contributed by atoms with Crippen LogP contribution < -0.4 is 10.2 Å². The monoisotopic (exact) mass is 573 g/mol. The van der Waals surface area contributed by atoms with Gasteiger partial charge in [0, 0.05) is 40.8 Å². The fourth-order valence-electron chi connectivity index (χ4n) is 7.98. The number of benzene rings is 5. The van der Waals surface area contributed by atoms with Gasteiger partial charge in [0.1, 0.15) is 5.54 Å². The van der Waals surface area contributed by atoms with Crippen molar-refractivity contribution in [2.45, 2.75) is 37.3 Å². The van der Waals surface area contributed by atoms with Crippen LogP contribution in [0, 0.1) is 5.92 Å². The van der Waals surface area contributed by atoms with E-state index in [1.54, 1.807) is 0 Å². The summed E-state index contributed by atoms with van der Waals surface area (Å²) in [5.41, 5.74) is 8.79. The first-order chi connectivity index (χ1) is 21.5. The summed E-state index contributed by atoms with van der Waals surface area (Å²) in [6.07, 6.45) is 0. The molecule has 3 aliphatic heterocycles. The number of aliphatic imine (C=N–C) groups is 1. The number of hydrogen-bond acceptors (Lipinski definition) is 3. The Morgan fingerprint density at radius 2 is 1.41 bits per heavy atom. The second-order valence-corrected chi connectivity index (χ2v) is 12.8. The first-order valence-corrected chi connectivity index (χ1v) is 15.5. The van der Waals surface area contributed by atoms with Gasteiger partial charge in [-0.15, -0.1) is 0 Å². The van der Waals surface area contributed by atoms with Crippen LogP contribution in [0.2, 0.25) is 0 Å². The van der Waals surface area contributed by atoms with Gasteiger partial charge in [0.15, 0.2) is 0 Å². The van der Waals surface area contributed by atoms with Crippen molar-refractivity contribution in [1.29, 1.82) is 0 Å². The van der Waals surface area contributed by atoms with Crippen molar-refractivity contribution in [2.24, 2.45) is 10.9 Å². The fourth-order valence-corrected chi connectivity index (χ4v) is 7.98. The molecule has 1 amide bonds. The number of nitrogens with zero attached hydrogens (tertiary/aromatic N) is 2. The molecule has 3 atom stereocenters. The van der Waals surface area contributed by atoms with Crippen LogP contribution in [0.3, 0.4) is 0 Å². The van der Waals surface area contributed by atoms with E-state index in [0.29, 0.717) is 13.1 Å². The number of carbonyl (C=O) groups excluding carboxylic acids is 1. The normalized spacial score (nSPS) is 23.1. The van der Waals surface area contributed by atoms with Gasteiger partial charge in [0.2, 0.25) is 0 Å². The lowest BCUT2D eigenvalue weighted by Gasteiger charge is -2.36. The average molecular weight is 574 g/mol. The summed E-state index contributed by atoms with van der Waals surface area (Å²) in [6.45, 7) is 5.75. The number of rotatable bonds is 5. The fraction of sp³-hybridized carbons (Fsp3) is 0.200. The summed E-state index contributed by atoms with van der Waals surface area (Å²) in [4.78, 5) is 22.5. The van der Waals surface area contributed by atoms with Gasteiger partial charge >= 0.3 is 0 Å². The van der Waals surface area contributed by atoms with E-state index in [2.05, 4.69) is 128 Å². The molecule has 8 rings (SSSR count). The minimum Gasteiger partial charge on any atom is -0.306 e. The van der Waals surface area contributed by atoms with Crippen LogP contribution in [0.15, 0.2) is 138 Å². The van der Waals surface area contributed by atoms with E-state index in [-0.39, 0.29) is 23.2 Å². The molecule has 0 radical (unpaired) electrons. The molecule has 4 heteroatoms. The van der Waals surface area contributed by atoms with E-state index < -0.39 is 5.54 Å². The molecule has 1 saturated heterocycles. The Labute approximate surface area is 259 Å². The molecule has 3 heterocycles. The Balaban J connectivity index is 1.33. The van der Waals surface area contributed by atoms with Gasteiger partial charge in [0.05, 0.1) is 12.2 Å². The molecule has 216 valence electrons. The van der Waals surface area contributed by atoms with Crippen LogP contribution in [-0.2, 0) is 22.3 Å². The van der Waals surface area contributed by atoms with E-state index in [1.165, 1.54) is 5.56 Å². The van der Waals surface area contributed by atoms with Crippen molar-refractivity contribution < 1.29 is 4.79 Å². The number of carbonyl (C=O) groups is 1. The lowest BCUT2D eigenvalue weighted by Crippen LogP contribution is -2.50. The highest BCUT2D eigenvalue weighted by molar-refractivity contribution is 6.11. The predicted octanol–water partition coefficient (Wildman–Crippen LogP) is 8.16. The third-order valence-electron chi connectivity index (χ3n) is 10.0.